The number of benzene rings is 1. The number of fused-ring (bicyclic) bond motifs is 1. The van der Waals surface area contributed by atoms with Crippen LogP contribution in [0.25, 0.3) is 0 Å². The van der Waals surface area contributed by atoms with Crippen LogP contribution in [0.15, 0.2) is 30.5 Å². The normalized spacial score (nSPS) is 22.7. The predicted octanol–water partition coefficient (Wildman–Crippen LogP) is 2.27. The largest absolute Gasteiger partial charge is 0.371 e. The SMILES string of the molecule is C=C1CCC(N2C(=O)c3ccc(N4CCC(C(=O)CC)CC4)cc3C2=O)C(=O)N1. The van der Waals surface area contributed by atoms with Gasteiger partial charge in [-0.2, -0.15) is 0 Å². The molecule has 1 unspecified atom stereocenters. The molecule has 0 saturated carbocycles. The lowest BCUT2D eigenvalue weighted by Crippen LogP contribution is -2.51. The number of hydrogen-bond donors (Lipinski definition) is 1. The van der Waals surface area contributed by atoms with Gasteiger partial charge in [0.05, 0.1) is 11.1 Å². The predicted molar refractivity (Wildman–Crippen MR) is 107 cm³/mol. The second kappa shape index (κ2) is 7.46. The van der Waals surface area contributed by atoms with E-state index >= 15 is 0 Å². The molecule has 1 atom stereocenters. The minimum absolute atomic E-state index is 0.115. The molecule has 1 aromatic carbocycles. The first-order valence-electron chi connectivity index (χ1n) is 10.2. The van der Waals surface area contributed by atoms with Crippen LogP contribution in [0.4, 0.5) is 5.69 Å². The summed E-state index contributed by atoms with van der Waals surface area (Å²) >= 11 is 0. The van der Waals surface area contributed by atoms with Gasteiger partial charge in [-0.15, -0.1) is 0 Å². The van der Waals surface area contributed by atoms with E-state index in [1.807, 2.05) is 13.0 Å². The fourth-order valence-corrected chi connectivity index (χ4v) is 4.48. The molecular formula is C22H25N3O4. The lowest BCUT2D eigenvalue weighted by atomic mass is 9.91. The van der Waals surface area contributed by atoms with Gasteiger partial charge in [0, 0.05) is 36.8 Å². The van der Waals surface area contributed by atoms with Gasteiger partial charge in [-0.3, -0.25) is 24.1 Å². The van der Waals surface area contributed by atoms with E-state index in [4.69, 9.17) is 0 Å². The molecule has 7 nitrogen and oxygen atoms in total. The Morgan fingerprint density at radius 2 is 1.79 bits per heavy atom. The molecule has 1 aromatic rings. The fourth-order valence-electron chi connectivity index (χ4n) is 4.48. The number of imide groups is 1. The van der Waals surface area contributed by atoms with Crippen LogP contribution in [0, 0.1) is 5.92 Å². The number of rotatable bonds is 4. The van der Waals surface area contributed by atoms with E-state index in [2.05, 4.69) is 16.8 Å². The van der Waals surface area contributed by atoms with E-state index in [9.17, 15) is 19.2 Å². The molecule has 4 rings (SSSR count). The van der Waals surface area contributed by atoms with Crippen molar-refractivity contribution in [3.63, 3.8) is 0 Å². The second-order valence-electron chi connectivity index (χ2n) is 7.94. The minimum atomic E-state index is -0.799. The second-order valence-corrected chi connectivity index (χ2v) is 7.94. The van der Waals surface area contributed by atoms with Gasteiger partial charge < -0.3 is 10.2 Å². The average Bonchev–Trinajstić information content (AvgIpc) is 2.98. The fraction of sp³-hybridized carbons (Fsp3) is 0.455. The van der Waals surface area contributed by atoms with Crippen LogP contribution in [0.5, 0.6) is 0 Å². The number of hydrogen-bond acceptors (Lipinski definition) is 5. The molecule has 0 aliphatic carbocycles. The molecule has 0 spiro atoms. The number of piperidine rings is 2. The van der Waals surface area contributed by atoms with Gasteiger partial charge in [-0.05, 0) is 43.9 Å². The summed E-state index contributed by atoms with van der Waals surface area (Å²) in [6.07, 6.45) is 3.10. The summed E-state index contributed by atoms with van der Waals surface area (Å²) in [5.41, 5.74) is 2.16. The summed E-state index contributed by atoms with van der Waals surface area (Å²) in [6, 6.07) is 4.47. The maximum atomic E-state index is 13.0. The van der Waals surface area contributed by atoms with Crippen molar-refractivity contribution in [3.05, 3.63) is 41.6 Å². The Morgan fingerprint density at radius 1 is 1.10 bits per heavy atom. The minimum Gasteiger partial charge on any atom is -0.371 e. The Labute approximate surface area is 169 Å². The summed E-state index contributed by atoms with van der Waals surface area (Å²) in [7, 11) is 0. The lowest BCUT2D eigenvalue weighted by Gasteiger charge is -2.33. The molecule has 0 aromatic heterocycles. The van der Waals surface area contributed by atoms with Crippen molar-refractivity contribution in [2.24, 2.45) is 5.92 Å². The van der Waals surface area contributed by atoms with Crippen molar-refractivity contribution in [1.82, 2.24) is 10.2 Å². The molecule has 7 heteroatoms. The molecular weight excluding hydrogens is 370 g/mol. The molecule has 2 fully saturated rings. The van der Waals surface area contributed by atoms with E-state index in [0.717, 1.165) is 36.5 Å². The molecule has 29 heavy (non-hydrogen) atoms. The van der Waals surface area contributed by atoms with Gasteiger partial charge in [0.2, 0.25) is 5.91 Å². The Bertz CT molecular complexity index is 915. The van der Waals surface area contributed by atoms with Gasteiger partial charge in [0.15, 0.2) is 0 Å². The molecule has 2 saturated heterocycles. The summed E-state index contributed by atoms with van der Waals surface area (Å²) in [5.74, 6) is -0.780. The van der Waals surface area contributed by atoms with Gasteiger partial charge in [0.25, 0.3) is 11.8 Å². The number of amides is 3. The highest BCUT2D eigenvalue weighted by molar-refractivity contribution is 6.23. The third kappa shape index (κ3) is 3.34. The Balaban J connectivity index is 1.53. The van der Waals surface area contributed by atoms with Crippen molar-refractivity contribution >= 4 is 29.2 Å². The van der Waals surface area contributed by atoms with Crippen LogP contribution in [0.1, 0.15) is 59.7 Å². The van der Waals surface area contributed by atoms with Crippen molar-refractivity contribution in [1.29, 1.82) is 0 Å². The summed E-state index contributed by atoms with van der Waals surface area (Å²) in [4.78, 5) is 53.3. The summed E-state index contributed by atoms with van der Waals surface area (Å²) < 4.78 is 0. The first-order valence-corrected chi connectivity index (χ1v) is 10.2. The van der Waals surface area contributed by atoms with Gasteiger partial charge >= 0.3 is 0 Å². The van der Waals surface area contributed by atoms with E-state index in [1.54, 1.807) is 12.1 Å². The van der Waals surface area contributed by atoms with E-state index < -0.39 is 17.9 Å². The highest BCUT2D eigenvalue weighted by atomic mass is 16.2. The number of anilines is 1. The molecule has 3 heterocycles. The van der Waals surface area contributed by atoms with Crippen LogP contribution in [-0.4, -0.2) is 47.5 Å². The standard InChI is InChI=1S/C22H25N3O4/c1-3-19(26)14-8-10-24(11-9-14)15-5-6-16-17(12-15)22(29)25(21(16)28)18-7-4-13(2)23-20(18)27/h5-6,12,14,18H,2-4,7-11H2,1H3,(H,23,27). The zero-order chi connectivity index (χ0) is 20.7. The third-order valence-electron chi connectivity index (χ3n) is 6.20. The Kier molecular flexibility index (Phi) is 4.98. The Morgan fingerprint density at radius 3 is 2.45 bits per heavy atom. The topological polar surface area (TPSA) is 86.8 Å². The number of Topliss-reactive ketones (excluding diaryl/α,β-unsaturated/α-hetero) is 1. The molecule has 0 radical (unpaired) electrons. The van der Waals surface area contributed by atoms with Crippen LogP contribution in [-0.2, 0) is 9.59 Å². The van der Waals surface area contributed by atoms with Crippen molar-refractivity contribution < 1.29 is 19.2 Å². The van der Waals surface area contributed by atoms with Crippen LogP contribution in [0.2, 0.25) is 0 Å². The third-order valence-corrected chi connectivity index (χ3v) is 6.20. The smallest absolute Gasteiger partial charge is 0.262 e. The van der Waals surface area contributed by atoms with Crippen LogP contribution >= 0.6 is 0 Å². The van der Waals surface area contributed by atoms with E-state index in [1.165, 1.54) is 0 Å². The van der Waals surface area contributed by atoms with Crippen molar-refractivity contribution in [2.45, 2.75) is 45.1 Å². The molecule has 1 N–H and O–H groups in total. The van der Waals surface area contributed by atoms with Gasteiger partial charge in [-0.1, -0.05) is 13.5 Å². The maximum Gasteiger partial charge on any atom is 0.262 e. The first-order chi connectivity index (χ1) is 13.9. The molecule has 3 amide bonds. The van der Waals surface area contributed by atoms with E-state index in [0.29, 0.717) is 41.9 Å². The number of ketones is 1. The number of carbonyl (C=O) groups is 4. The van der Waals surface area contributed by atoms with Crippen LogP contribution < -0.4 is 10.2 Å². The number of allylic oxidation sites excluding steroid dienone is 1. The summed E-state index contributed by atoms with van der Waals surface area (Å²) in [6.45, 7) is 7.12. The highest BCUT2D eigenvalue weighted by Crippen LogP contribution is 2.32. The molecule has 0 bridgehead atoms. The van der Waals surface area contributed by atoms with Crippen molar-refractivity contribution in [2.75, 3.05) is 18.0 Å². The highest BCUT2D eigenvalue weighted by Gasteiger charge is 2.44. The number of nitrogens with zero attached hydrogens (tertiary/aromatic N) is 2. The molecule has 3 aliphatic heterocycles. The Hall–Kier alpha value is -2.96. The zero-order valence-electron chi connectivity index (χ0n) is 16.6. The van der Waals surface area contributed by atoms with Crippen molar-refractivity contribution in [3.8, 4) is 0 Å². The average molecular weight is 395 g/mol. The van der Waals surface area contributed by atoms with Crippen LogP contribution in [0.3, 0.4) is 0 Å². The quantitative estimate of drug-likeness (QED) is 0.791. The summed E-state index contributed by atoms with van der Waals surface area (Å²) in [5, 5.41) is 2.64. The molecule has 152 valence electrons. The zero-order valence-corrected chi connectivity index (χ0v) is 16.6. The number of nitrogens with one attached hydrogen (secondary N) is 1. The first kappa shape index (κ1) is 19.4. The van der Waals surface area contributed by atoms with E-state index in [-0.39, 0.29) is 11.8 Å². The number of carbonyl (C=O) groups excluding carboxylic acids is 4. The lowest BCUT2D eigenvalue weighted by molar-refractivity contribution is -0.125. The van der Waals surface area contributed by atoms with Gasteiger partial charge in [-0.25, -0.2) is 0 Å². The van der Waals surface area contributed by atoms with Gasteiger partial charge in [0.1, 0.15) is 11.8 Å². The monoisotopic (exact) mass is 395 g/mol. The maximum absolute atomic E-state index is 13.0. The molecule has 3 aliphatic rings.